The molecule has 102 valence electrons. The second kappa shape index (κ2) is 4.24. The third kappa shape index (κ3) is 1.73. The number of hydrogen-bond donors (Lipinski definition) is 2. The molecule has 0 atom stereocenters. The molecule has 4 nitrogen and oxygen atoms in total. The first-order valence-electron chi connectivity index (χ1n) is 6.71. The van der Waals surface area contributed by atoms with Crippen molar-refractivity contribution >= 4 is 33.4 Å². The summed E-state index contributed by atoms with van der Waals surface area (Å²) in [6.07, 6.45) is 3.63. The number of aromatic amines is 1. The van der Waals surface area contributed by atoms with Crippen LogP contribution in [0.3, 0.4) is 0 Å². The Morgan fingerprint density at radius 2 is 2.00 bits per heavy atom. The molecule has 21 heavy (non-hydrogen) atoms. The van der Waals surface area contributed by atoms with Crippen molar-refractivity contribution in [3.63, 3.8) is 0 Å². The summed E-state index contributed by atoms with van der Waals surface area (Å²) in [6.45, 7) is 0. The maximum absolute atomic E-state index is 12.7. The van der Waals surface area contributed by atoms with E-state index >= 15 is 0 Å². The Kier molecular flexibility index (Phi) is 2.38. The van der Waals surface area contributed by atoms with Crippen LogP contribution in [0.25, 0.3) is 21.8 Å². The smallest absolute Gasteiger partial charge is 0.262 e. The van der Waals surface area contributed by atoms with Crippen molar-refractivity contribution in [1.29, 1.82) is 0 Å². The summed E-state index contributed by atoms with van der Waals surface area (Å²) in [5, 5.41) is 1.92. The summed E-state index contributed by atoms with van der Waals surface area (Å²) >= 11 is 0. The number of anilines is 1. The molecule has 2 heterocycles. The lowest BCUT2D eigenvalue weighted by Crippen LogP contribution is -2.10. The normalized spacial score (nSPS) is 11.2. The zero-order valence-corrected chi connectivity index (χ0v) is 11.2. The average molecular weight is 275 g/mol. The molecule has 0 unspecified atom stereocenters. The first-order chi connectivity index (χ1) is 10.2. The van der Waals surface area contributed by atoms with Crippen LogP contribution in [0.15, 0.2) is 60.9 Å². The van der Waals surface area contributed by atoms with Gasteiger partial charge in [0.2, 0.25) is 0 Å². The van der Waals surface area contributed by atoms with Gasteiger partial charge in [-0.3, -0.25) is 9.36 Å². The monoisotopic (exact) mass is 275 g/mol. The SMILES string of the molecule is Nc1cccc2c1ccn2C(=O)c1ccc2[nH]ccc2c1. The molecule has 0 amide bonds. The van der Waals surface area contributed by atoms with E-state index in [4.69, 9.17) is 5.73 Å². The molecule has 4 rings (SSSR count). The number of nitrogen functional groups attached to an aromatic ring is 1. The highest BCUT2D eigenvalue weighted by Crippen LogP contribution is 2.23. The van der Waals surface area contributed by atoms with Crippen molar-refractivity contribution in [2.24, 2.45) is 0 Å². The number of aromatic nitrogens is 2. The summed E-state index contributed by atoms with van der Waals surface area (Å²) in [5.74, 6) is -0.0568. The number of benzene rings is 2. The molecule has 0 aliphatic heterocycles. The highest BCUT2D eigenvalue weighted by atomic mass is 16.2. The minimum absolute atomic E-state index is 0.0568. The largest absolute Gasteiger partial charge is 0.398 e. The van der Waals surface area contributed by atoms with Crippen LogP contribution in [0.1, 0.15) is 10.4 Å². The molecule has 0 spiro atoms. The van der Waals surface area contributed by atoms with Crippen LogP contribution in [0.5, 0.6) is 0 Å². The second-order valence-corrected chi connectivity index (χ2v) is 5.05. The topological polar surface area (TPSA) is 63.8 Å². The first-order valence-corrected chi connectivity index (χ1v) is 6.71. The predicted octanol–water partition coefficient (Wildman–Crippen LogP) is 3.39. The number of nitrogens with zero attached hydrogens (tertiary/aromatic N) is 1. The molecule has 0 saturated heterocycles. The molecular formula is C17H13N3O. The molecule has 2 aromatic heterocycles. The highest BCUT2D eigenvalue weighted by Gasteiger charge is 2.13. The fraction of sp³-hybridized carbons (Fsp3) is 0. The van der Waals surface area contributed by atoms with Gasteiger partial charge in [0.05, 0.1) is 5.52 Å². The van der Waals surface area contributed by atoms with Crippen LogP contribution < -0.4 is 5.73 Å². The molecule has 4 aromatic rings. The zero-order valence-electron chi connectivity index (χ0n) is 11.2. The van der Waals surface area contributed by atoms with Gasteiger partial charge in [0, 0.05) is 39.9 Å². The number of nitrogens with two attached hydrogens (primary N) is 1. The number of carbonyl (C=O) groups excluding carboxylic acids is 1. The fourth-order valence-corrected chi connectivity index (χ4v) is 2.69. The standard InChI is InChI=1S/C17H13N3O/c18-14-2-1-3-16-13(14)7-9-20(16)17(21)12-4-5-15-11(10-12)6-8-19-15/h1-10,19H,18H2. The lowest BCUT2D eigenvalue weighted by molar-refractivity contribution is 0.0965. The van der Waals surface area contributed by atoms with E-state index in [9.17, 15) is 4.79 Å². The predicted molar refractivity (Wildman–Crippen MR) is 84.4 cm³/mol. The second-order valence-electron chi connectivity index (χ2n) is 5.05. The molecule has 2 aromatic carbocycles. The summed E-state index contributed by atoms with van der Waals surface area (Å²) in [5.41, 5.74) is 9.12. The number of rotatable bonds is 1. The molecular weight excluding hydrogens is 262 g/mol. The number of nitrogens with one attached hydrogen (secondary N) is 1. The highest BCUT2D eigenvalue weighted by molar-refractivity contribution is 6.05. The molecule has 0 fully saturated rings. The van der Waals surface area contributed by atoms with Crippen molar-refractivity contribution in [2.75, 3.05) is 5.73 Å². The minimum Gasteiger partial charge on any atom is -0.398 e. The van der Waals surface area contributed by atoms with Gasteiger partial charge in [-0.25, -0.2) is 0 Å². The Balaban J connectivity index is 1.87. The minimum atomic E-state index is -0.0568. The Bertz CT molecular complexity index is 978. The van der Waals surface area contributed by atoms with Crippen molar-refractivity contribution in [2.45, 2.75) is 0 Å². The lowest BCUT2D eigenvalue weighted by Gasteiger charge is -2.05. The van der Waals surface area contributed by atoms with Crippen LogP contribution in [-0.2, 0) is 0 Å². The van der Waals surface area contributed by atoms with Crippen LogP contribution >= 0.6 is 0 Å². The summed E-state index contributed by atoms with van der Waals surface area (Å²) in [6, 6.07) is 15.1. The quantitative estimate of drug-likeness (QED) is 0.523. The summed E-state index contributed by atoms with van der Waals surface area (Å²) < 4.78 is 1.64. The van der Waals surface area contributed by atoms with Crippen molar-refractivity contribution in [3.8, 4) is 0 Å². The fourth-order valence-electron chi connectivity index (χ4n) is 2.69. The zero-order chi connectivity index (χ0) is 14.4. The van der Waals surface area contributed by atoms with E-state index in [0.717, 1.165) is 21.8 Å². The molecule has 0 radical (unpaired) electrons. The van der Waals surface area contributed by atoms with Gasteiger partial charge in [0.25, 0.3) is 5.91 Å². The molecule has 4 heteroatoms. The van der Waals surface area contributed by atoms with E-state index < -0.39 is 0 Å². The number of H-pyrrole nitrogens is 1. The summed E-state index contributed by atoms with van der Waals surface area (Å²) in [4.78, 5) is 15.8. The van der Waals surface area contributed by atoms with Gasteiger partial charge in [0.15, 0.2) is 0 Å². The van der Waals surface area contributed by atoms with Crippen LogP contribution in [0.2, 0.25) is 0 Å². The average Bonchev–Trinajstić information content (AvgIpc) is 3.13. The summed E-state index contributed by atoms with van der Waals surface area (Å²) in [7, 11) is 0. The Labute approximate surface area is 120 Å². The molecule has 0 aliphatic carbocycles. The van der Waals surface area contributed by atoms with Gasteiger partial charge in [-0.15, -0.1) is 0 Å². The van der Waals surface area contributed by atoms with Crippen LogP contribution in [0.4, 0.5) is 5.69 Å². The van der Waals surface area contributed by atoms with E-state index in [1.165, 1.54) is 0 Å². The van der Waals surface area contributed by atoms with Gasteiger partial charge in [-0.2, -0.15) is 0 Å². The van der Waals surface area contributed by atoms with Gasteiger partial charge < -0.3 is 10.7 Å². The van der Waals surface area contributed by atoms with E-state index in [1.54, 1.807) is 10.8 Å². The third-order valence-electron chi connectivity index (χ3n) is 3.79. The van der Waals surface area contributed by atoms with E-state index in [-0.39, 0.29) is 5.91 Å². The maximum atomic E-state index is 12.7. The first kappa shape index (κ1) is 11.8. The Morgan fingerprint density at radius 1 is 1.10 bits per heavy atom. The van der Waals surface area contributed by atoms with Crippen LogP contribution in [0, 0.1) is 0 Å². The number of carbonyl (C=O) groups is 1. The third-order valence-corrected chi connectivity index (χ3v) is 3.79. The van der Waals surface area contributed by atoms with E-state index in [2.05, 4.69) is 4.98 Å². The Morgan fingerprint density at radius 3 is 2.90 bits per heavy atom. The van der Waals surface area contributed by atoms with Gasteiger partial charge in [-0.1, -0.05) is 6.07 Å². The van der Waals surface area contributed by atoms with Crippen molar-refractivity contribution in [1.82, 2.24) is 9.55 Å². The molecule has 0 bridgehead atoms. The van der Waals surface area contributed by atoms with E-state index in [1.807, 2.05) is 54.7 Å². The van der Waals surface area contributed by atoms with Gasteiger partial charge in [0.1, 0.15) is 0 Å². The number of hydrogen-bond acceptors (Lipinski definition) is 2. The van der Waals surface area contributed by atoms with Crippen molar-refractivity contribution < 1.29 is 4.79 Å². The molecule has 0 aliphatic rings. The van der Waals surface area contributed by atoms with Gasteiger partial charge in [-0.05, 0) is 42.5 Å². The molecule has 0 saturated carbocycles. The maximum Gasteiger partial charge on any atom is 0.262 e. The molecule has 3 N–H and O–H groups in total. The Hall–Kier alpha value is -3.01. The van der Waals surface area contributed by atoms with E-state index in [0.29, 0.717) is 11.3 Å². The van der Waals surface area contributed by atoms with Crippen LogP contribution in [-0.4, -0.2) is 15.5 Å². The lowest BCUT2D eigenvalue weighted by atomic mass is 10.1. The van der Waals surface area contributed by atoms with Crippen molar-refractivity contribution in [3.05, 3.63) is 66.5 Å². The number of fused-ring (bicyclic) bond motifs is 2. The van der Waals surface area contributed by atoms with Gasteiger partial charge >= 0.3 is 0 Å².